The fraction of sp³-hybridized carbons (Fsp3) is 0.400. The van der Waals surface area contributed by atoms with E-state index in [-0.39, 0.29) is 11.3 Å². The van der Waals surface area contributed by atoms with E-state index in [1.807, 2.05) is 18.2 Å². The van der Waals surface area contributed by atoms with Gasteiger partial charge in [-0.25, -0.2) is 8.42 Å². The van der Waals surface area contributed by atoms with E-state index < -0.39 is 9.84 Å². The molecule has 0 aliphatic carbocycles. The van der Waals surface area contributed by atoms with Gasteiger partial charge in [-0.3, -0.25) is 4.90 Å². The first-order valence-electron chi connectivity index (χ1n) is 8.60. The number of benzene rings is 2. The molecule has 2 aromatic carbocycles. The summed E-state index contributed by atoms with van der Waals surface area (Å²) >= 11 is 5.99. The van der Waals surface area contributed by atoms with Crippen LogP contribution in [0.1, 0.15) is 37.0 Å². The van der Waals surface area contributed by atoms with Crippen LogP contribution in [0, 0.1) is 0 Å². The van der Waals surface area contributed by atoms with Crippen molar-refractivity contribution in [2.45, 2.75) is 50.2 Å². The smallest absolute Gasteiger partial charge is 0.175 e. The molecule has 0 radical (unpaired) electrons. The molecule has 3 rings (SSSR count). The van der Waals surface area contributed by atoms with E-state index in [0.717, 1.165) is 37.1 Å². The Hall–Kier alpha value is -1.56. The van der Waals surface area contributed by atoms with Crippen molar-refractivity contribution >= 4 is 21.4 Å². The van der Waals surface area contributed by atoms with E-state index in [4.69, 9.17) is 11.6 Å². The third kappa shape index (κ3) is 4.05. The third-order valence-corrected chi connectivity index (χ3v) is 6.63. The number of phenols is 1. The Kier molecular flexibility index (Phi) is 5.08. The molecule has 0 atom stereocenters. The Morgan fingerprint density at radius 1 is 1.12 bits per heavy atom. The van der Waals surface area contributed by atoms with Gasteiger partial charge in [-0.2, -0.15) is 0 Å². The summed E-state index contributed by atoms with van der Waals surface area (Å²) in [4.78, 5) is 2.76. The monoisotopic (exact) mass is 393 g/mol. The number of hydrogen-bond acceptors (Lipinski definition) is 4. The second-order valence-corrected chi connectivity index (χ2v) is 10.1. The number of nitrogens with zero attached hydrogens (tertiary/aromatic N) is 1. The molecule has 0 amide bonds. The summed E-state index contributed by atoms with van der Waals surface area (Å²) in [5.41, 5.74) is 3.33. The molecule has 0 saturated carbocycles. The molecule has 0 aromatic heterocycles. The van der Waals surface area contributed by atoms with Crippen molar-refractivity contribution in [3.63, 3.8) is 0 Å². The Morgan fingerprint density at radius 3 is 2.46 bits per heavy atom. The van der Waals surface area contributed by atoms with Crippen LogP contribution in [0.4, 0.5) is 0 Å². The lowest BCUT2D eigenvalue weighted by Crippen LogP contribution is -2.40. The fourth-order valence-electron chi connectivity index (χ4n) is 3.34. The number of sulfone groups is 1. The first kappa shape index (κ1) is 19.2. The number of halogens is 1. The van der Waals surface area contributed by atoms with Crippen molar-refractivity contribution in [3.05, 3.63) is 58.1 Å². The number of phenolic OH excluding ortho intramolecular Hbond substituents is 1. The summed E-state index contributed by atoms with van der Waals surface area (Å²) in [5.74, 6) is 0.103. The summed E-state index contributed by atoms with van der Waals surface area (Å²) < 4.78 is 23.6. The van der Waals surface area contributed by atoms with Crippen LogP contribution < -0.4 is 0 Å². The van der Waals surface area contributed by atoms with Gasteiger partial charge in [-0.15, -0.1) is 0 Å². The van der Waals surface area contributed by atoms with Crippen molar-refractivity contribution in [1.29, 1.82) is 0 Å². The maximum absolute atomic E-state index is 11.8. The summed E-state index contributed by atoms with van der Waals surface area (Å²) in [5, 5.41) is 9.92. The van der Waals surface area contributed by atoms with Crippen LogP contribution in [0.5, 0.6) is 5.75 Å². The average molecular weight is 394 g/mol. The van der Waals surface area contributed by atoms with Gasteiger partial charge >= 0.3 is 0 Å². The predicted molar refractivity (Wildman–Crippen MR) is 104 cm³/mol. The van der Waals surface area contributed by atoms with Gasteiger partial charge in [0.25, 0.3) is 0 Å². The van der Waals surface area contributed by atoms with Gasteiger partial charge in [0.2, 0.25) is 0 Å². The molecule has 0 unspecified atom stereocenters. The van der Waals surface area contributed by atoms with E-state index in [0.29, 0.717) is 9.92 Å². The molecular weight excluding hydrogens is 370 g/mol. The Bertz CT molecular complexity index is 938. The highest BCUT2D eigenvalue weighted by Crippen LogP contribution is 2.33. The van der Waals surface area contributed by atoms with Crippen LogP contribution >= 0.6 is 11.6 Å². The number of aryl methyl sites for hydroxylation is 1. The van der Waals surface area contributed by atoms with Crippen LogP contribution in [0.2, 0.25) is 5.02 Å². The molecule has 4 nitrogen and oxygen atoms in total. The zero-order valence-corrected chi connectivity index (χ0v) is 16.9. The molecular formula is C20H24ClNO3S. The zero-order chi connectivity index (χ0) is 19.1. The van der Waals surface area contributed by atoms with Crippen molar-refractivity contribution < 1.29 is 13.5 Å². The van der Waals surface area contributed by atoms with E-state index in [1.165, 1.54) is 11.8 Å². The van der Waals surface area contributed by atoms with Gasteiger partial charge in [0.05, 0.1) is 9.92 Å². The van der Waals surface area contributed by atoms with Gasteiger partial charge in [0, 0.05) is 24.9 Å². The first-order chi connectivity index (χ1) is 12.1. The average Bonchev–Trinajstić information content (AvgIpc) is 2.99. The highest BCUT2D eigenvalue weighted by atomic mass is 35.5. The topological polar surface area (TPSA) is 57.6 Å². The number of hydrogen-bond donors (Lipinski definition) is 1. The molecule has 1 aliphatic rings. The number of aromatic hydroxyl groups is 1. The molecule has 1 N–H and O–H groups in total. The lowest BCUT2D eigenvalue weighted by Gasteiger charge is -2.35. The van der Waals surface area contributed by atoms with Crippen LogP contribution in [-0.4, -0.2) is 30.2 Å². The molecule has 1 aliphatic heterocycles. The maximum atomic E-state index is 11.8. The SMILES string of the molecule is CC(C)(CCc1ccc(O)c(Cl)c1)N1Cc2ccc(S(C)(=O)=O)cc2C1. The predicted octanol–water partition coefficient (Wildman–Crippen LogP) is 4.18. The molecule has 140 valence electrons. The molecule has 0 saturated heterocycles. The van der Waals surface area contributed by atoms with Crippen molar-refractivity contribution in [2.24, 2.45) is 0 Å². The molecule has 0 bridgehead atoms. The molecule has 0 fully saturated rings. The van der Waals surface area contributed by atoms with E-state index in [9.17, 15) is 13.5 Å². The Balaban J connectivity index is 1.71. The standard InChI is InChI=1S/C20H24ClNO3S/c1-20(2,9-8-14-4-7-19(23)18(21)10-14)22-12-15-5-6-17(26(3,24)25)11-16(15)13-22/h4-7,10-11,23H,8-9,12-13H2,1-3H3. The fourth-order valence-corrected chi connectivity index (χ4v) is 4.22. The van der Waals surface area contributed by atoms with Gasteiger partial charge in [-0.05, 0) is 67.6 Å². The normalized spacial score (nSPS) is 15.2. The maximum Gasteiger partial charge on any atom is 0.175 e. The van der Waals surface area contributed by atoms with Gasteiger partial charge in [0.15, 0.2) is 9.84 Å². The second-order valence-electron chi connectivity index (χ2n) is 7.66. The third-order valence-electron chi connectivity index (χ3n) is 5.22. The first-order valence-corrected chi connectivity index (χ1v) is 10.9. The van der Waals surface area contributed by atoms with Crippen molar-refractivity contribution in [1.82, 2.24) is 4.90 Å². The summed E-state index contributed by atoms with van der Waals surface area (Å²) in [6.45, 7) is 5.99. The van der Waals surface area contributed by atoms with E-state index >= 15 is 0 Å². The minimum atomic E-state index is -3.18. The molecule has 26 heavy (non-hydrogen) atoms. The molecule has 6 heteroatoms. The number of fused-ring (bicyclic) bond motifs is 1. The molecule has 2 aromatic rings. The Labute approximate surface area is 160 Å². The highest BCUT2D eigenvalue weighted by Gasteiger charge is 2.32. The van der Waals surface area contributed by atoms with E-state index in [1.54, 1.807) is 18.2 Å². The van der Waals surface area contributed by atoms with Crippen LogP contribution in [0.15, 0.2) is 41.3 Å². The Morgan fingerprint density at radius 2 is 1.81 bits per heavy atom. The van der Waals surface area contributed by atoms with Crippen LogP contribution in [0.25, 0.3) is 0 Å². The van der Waals surface area contributed by atoms with E-state index in [2.05, 4.69) is 18.7 Å². The quantitative estimate of drug-likeness (QED) is 0.827. The summed E-state index contributed by atoms with van der Waals surface area (Å²) in [6.07, 6.45) is 3.03. The highest BCUT2D eigenvalue weighted by molar-refractivity contribution is 7.90. The van der Waals surface area contributed by atoms with Gasteiger partial charge < -0.3 is 5.11 Å². The van der Waals surface area contributed by atoms with Crippen molar-refractivity contribution in [2.75, 3.05) is 6.26 Å². The van der Waals surface area contributed by atoms with Crippen LogP contribution in [0.3, 0.4) is 0 Å². The minimum absolute atomic E-state index is 0.0470. The summed E-state index contributed by atoms with van der Waals surface area (Å²) in [7, 11) is -3.18. The van der Waals surface area contributed by atoms with Gasteiger partial charge in [0.1, 0.15) is 5.75 Å². The lowest BCUT2D eigenvalue weighted by atomic mass is 9.93. The molecule has 1 heterocycles. The largest absolute Gasteiger partial charge is 0.506 e. The van der Waals surface area contributed by atoms with Crippen LogP contribution in [-0.2, 0) is 29.3 Å². The van der Waals surface area contributed by atoms with Crippen molar-refractivity contribution in [3.8, 4) is 5.75 Å². The molecule has 0 spiro atoms. The lowest BCUT2D eigenvalue weighted by molar-refractivity contribution is 0.109. The zero-order valence-electron chi connectivity index (χ0n) is 15.3. The minimum Gasteiger partial charge on any atom is -0.506 e. The number of rotatable bonds is 5. The summed E-state index contributed by atoms with van der Waals surface area (Å²) in [6, 6.07) is 10.8. The second kappa shape index (κ2) is 6.87. The van der Waals surface area contributed by atoms with Gasteiger partial charge in [-0.1, -0.05) is 23.7 Å².